The monoisotopic (exact) mass is 240 g/mol. The van der Waals surface area contributed by atoms with Crippen LogP contribution in [-0.4, -0.2) is 0 Å². The molecule has 0 unspecified atom stereocenters. The molecule has 2 aromatic carbocycles. The highest BCUT2D eigenvalue weighted by Gasteiger charge is 2.05. The van der Waals surface area contributed by atoms with Gasteiger partial charge in [-0.25, -0.2) is 0 Å². The third kappa shape index (κ3) is 3.44. The second-order valence-corrected chi connectivity index (χ2v) is 4.83. The van der Waals surface area contributed by atoms with Crippen molar-refractivity contribution in [2.24, 2.45) is 0 Å². The lowest BCUT2D eigenvalue weighted by atomic mass is 9.98. The molecule has 0 N–H and O–H groups in total. The lowest BCUT2D eigenvalue weighted by Crippen LogP contribution is -1.99. The fourth-order valence-corrected chi connectivity index (χ4v) is 2.08. The minimum Gasteiger partial charge on any atom is -0.372 e. The van der Waals surface area contributed by atoms with Crippen molar-refractivity contribution >= 4 is 0 Å². The number of hydrogen-bond donors (Lipinski definition) is 0. The van der Waals surface area contributed by atoms with Crippen molar-refractivity contribution in [3.63, 3.8) is 0 Å². The van der Waals surface area contributed by atoms with Gasteiger partial charge in [0.05, 0.1) is 13.2 Å². The molecular formula is C17H20O. The molecule has 0 radical (unpaired) electrons. The van der Waals surface area contributed by atoms with Gasteiger partial charge in [0, 0.05) is 0 Å². The highest BCUT2D eigenvalue weighted by Crippen LogP contribution is 2.20. The highest BCUT2D eigenvalue weighted by molar-refractivity contribution is 5.29. The predicted octanol–water partition coefficient (Wildman–Crippen LogP) is 4.53. The topological polar surface area (TPSA) is 9.23 Å². The summed E-state index contributed by atoms with van der Waals surface area (Å²) in [5.74, 6) is 0.543. The minimum atomic E-state index is 0.543. The van der Waals surface area contributed by atoms with Crippen LogP contribution in [0.3, 0.4) is 0 Å². The number of benzene rings is 2. The van der Waals surface area contributed by atoms with Gasteiger partial charge < -0.3 is 4.74 Å². The Morgan fingerprint density at radius 3 is 2.22 bits per heavy atom. The standard InChI is InChI=1S/C17H20O/c1-14(2)17-11-7-6-10-16(17)13-18-12-15-8-4-3-5-9-15/h3-11,14H,12-13H2,1-2H3. The van der Waals surface area contributed by atoms with Crippen LogP contribution in [0.1, 0.15) is 36.5 Å². The lowest BCUT2D eigenvalue weighted by molar-refractivity contribution is 0.106. The van der Waals surface area contributed by atoms with E-state index in [0.717, 1.165) is 0 Å². The van der Waals surface area contributed by atoms with Crippen LogP contribution >= 0.6 is 0 Å². The summed E-state index contributed by atoms with van der Waals surface area (Å²) in [6.07, 6.45) is 0. The zero-order chi connectivity index (χ0) is 12.8. The first-order valence-corrected chi connectivity index (χ1v) is 6.47. The van der Waals surface area contributed by atoms with Crippen molar-refractivity contribution in [1.82, 2.24) is 0 Å². The molecule has 0 atom stereocenters. The molecule has 1 nitrogen and oxygen atoms in total. The van der Waals surface area contributed by atoms with E-state index >= 15 is 0 Å². The highest BCUT2D eigenvalue weighted by atomic mass is 16.5. The Labute approximate surface area is 109 Å². The summed E-state index contributed by atoms with van der Waals surface area (Å²) in [6.45, 7) is 5.79. The second-order valence-electron chi connectivity index (χ2n) is 4.83. The Morgan fingerprint density at radius 2 is 1.50 bits per heavy atom. The molecule has 1 heteroatoms. The lowest BCUT2D eigenvalue weighted by Gasteiger charge is -2.12. The maximum atomic E-state index is 5.80. The molecule has 0 saturated carbocycles. The van der Waals surface area contributed by atoms with Crippen molar-refractivity contribution < 1.29 is 4.74 Å². The Balaban J connectivity index is 1.94. The average Bonchev–Trinajstić information content (AvgIpc) is 2.40. The van der Waals surface area contributed by atoms with E-state index in [-0.39, 0.29) is 0 Å². The molecule has 18 heavy (non-hydrogen) atoms. The first-order valence-electron chi connectivity index (χ1n) is 6.47. The molecule has 0 bridgehead atoms. The number of hydrogen-bond acceptors (Lipinski definition) is 1. The smallest absolute Gasteiger partial charge is 0.0724 e. The van der Waals surface area contributed by atoms with Crippen LogP contribution in [0.2, 0.25) is 0 Å². The predicted molar refractivity (Wildman–Crippen MR) is 75.5 cm³/mol. The van der Waals surface area contributed by atoms with Crippen LogP contribution in [0, 0.1) is 0 Å². The van der Waals surface area contributed by atoms with Gasteiger partial charge in [0.1, 0.15) is 0 Å². The van der Waals surface area contributed by atoms with Crippen LogP contribution in [0.5, 0.6) is 0 Å². The quantitative estimate of drug-likeness (QED) is 0.746. The van der Waals surface area contributed by atoms with Crippen LogP contribution in [0.4, 0.5) is 0 Å². The normalized spacial score (nSPS) is 10.8. The SMILES string of the molecule is CC(C)c1ccccc1COCc1ccccc1. The van der Waals surface area contributed by atoms with Gasteiger partial charge in [-0.1, -0.05) is 68.4 Å². The Morgan fingerprint density at radius 1 is 0.833 bits per heavy atom. The van der Waals surface area contributed by atoms with Gasteiger partial charge in [-0.15, -0.1) is 0 Å². The molecular weight excluding hydrogens is 220 g/mol. The summed E-state index contributed by atoms with van der Waals surface area (Å²) >= 11 is 0. The molecule has 0 spiro atoms. The van der Waals surface area contributed by atoms with Gasteiger partial charge in [0.25, 0.3) is 0 Å². The summed E-state index contributed by atoms with van der Waals surface area (Å²) in [6, 6.07) is 18.8. The fraction of sp³-hybridized carbons (Fsp3) is 0.294. The summed E-state index contributed by atoms with van der Waals surface area (Å²) in [4.78, 5) is 0. The van der Waals surface area contributed by atoms with E-state index in [1.165, 1.54) is 16.7 Å². The van der Waals surface area contributed by atoms with Crippen LogP contribution in [0.15, 0.2) is 54.6 Å². The van der Waals surface area contributed by atoms with Gasteiger partial charge in [-0.3, -0.25) is 0 Å². The van der Waals surface area contributed by atoms with E-state index in [4.69, 9.17) is 4.74 Å². The van der Waals surface area contributed by atoms with Crippen molar-refractivity contribution in [3.8, 4) is 0 Å². The molecule has 0 aromatic heterocycles. The molecule has 0 fully saturated rings. The zero-order valence-electron chi connectivity index (χ0n) is 11.1. The Bertz CT molecular complexity index is 474. The number of rotatable bonds is 5. The van der Waals surface area contributed by atoms with Crippen molar-refractivity contribution in [3.05, 3.63) is 71.3 Å². The maximum absolute atomic E-state index is 5.80. The molecule has 2 rings (SSSR count). The van der Waals surface area contributed by atoms with E-state index in [0.29, 0.717) is 19.1 Å². The van der Waals surface area contributed by atoms with Gasteiger partial charge in [0.15, 0.2) is 0 Å². The van der Waals surface area contributed by atoms with E-state index in [1.807, 2.05) is 18.2 Å². The third-order valence-corrected chi connectivity index (χ3v) is 3.05. The van der Waals surface area contributed by atoms with Gasteiger partial charge in [-0.05, 0) is 22.6 Å². The second kappa shape index (κ2) is 6.36. The van der Waals surface area contributed by atoms with Gasteiger partial charge in [-0.2, -0.15) is 0 Å². The van der Waals surface area contributed by atoms with Crippen molar-refractivity contribution in [2.45, 2.75) is 33.0 Å². The fourth-order valence-electron chi connectivity index (χ4n) is 2.08. The summed E-state index contributed by atoms with van der Waals surface area (Å²) in [5.41, 5.74) is 3.90. The molecule has 0 heterocycles. The van der Waals surface area contributed by atoms with Crippen LogP contribution < -0.4 is 0 Å². The average molecular weight is 240 g/mol. The van der Waals surface area contributed by atoms with Crippen molar-refractivity contribution in [2.75, 3.05) is 0 Å². The molecule has 0 aliphatic heterocycles. The first kappa shape index (κ1) is 12.8. The van der Waals surface area contributed by atoms with E-state index in [2.05, 4.69) is 50.2 Å². The van der Waals surface area contributed by atoms with Crippen LogP contribution in [-0.2, 0) is 18.0 Å². The molecule has 94 valence electrons. The number of ether oxygens (including phenoxy) is 1. The third-order valence-electron chi connectivity index (χ3n) is 3.05. The maximum Gasteiger partial charge on any atom is 0.0724 e. The van der Waals surface area contributed by atoms with Gasteiger partial charge >= 0.3 is 0 Å². The summed E-state index contributed by atoms with van der Waals surface area (Å²) in [7, 11) is 0. The van der Waals surface area contributed by atoms with Gasteiger partial charge in [0.2, 0.25) is 0 Å². The zero-order valence-corrected chi connectivity index (χ0v) is 11.1. The minimum absolute atomic E-state index is 0.543. The summed E-state index contributed by atoms with van der Waals surface area (Å²) < 4.78 is 5.80. The Kier molecular flexibility index (Phi) is 4.54. The molecule has 2 aromatic rings. The molecule has 0 aliphatic rings. The Hall–Kier alpha value is -1.60. The largest absolute Gasteiger partial charge is 0.372 e. The molecule has 0 saturated heterocycles. The van der Waals surface area contributed by atoms with Crippen LogP contribution in [0.25, 0.3) is 0 Å². The van der Waals surface area contributed by atoms with E-state index in [9.17, 15) is 0 Å². The molecule has 0 aliphatic carbocycles. The van der Waals surface area contributed by atoms with E-state index < -0.39 is 0 Å². The summed E-state index contributed by atoms with van der Waals surface area (Å²) in [5, 5.41) is 0. The van der Waals surface area contributed by atoms with Crippen molar-refractivity contribution in [1.29, 1.82) is 0 Å². The van der Waals surface area contributed by atoms with E-state index in [1.54, 1.807) is 0 Å². The first-order chi connectivity index (χ1) is 8.77. The molecule has 0 amide bonds.